The third-order valence-electron chi connectivity index (χ3n) is 3.42. The maximum absolute atomic E-state index is 12.2. The Morgan fingerprint density at radius 2 is 2.14 bits per heavy atom. The minimum Gasteiger partial charge on any atom is -0.495 e. The van der Waals surface area contributed by atoms with Crippen LogP contribution in [0.25, 0.3) is 0 Å². The molecule has 1 aliphatic rings. The third-order valence-corrected chi connectivity index (χ3v) is 3.42. The number of amides is 2. The summed E-state index contributed by atoms with van der Waals surface area (Å²) in [6.07, 6.45) is 0.156. The topological polar surface area (TPSA) is 95.9 Å². The number of nitrogens with one attached hydrogen (secondary N) is 1. The molecule has 0 radical (unpaired) electrons. The zero-order valence-corrected chi connectivity index (χ0v) is 11.8. The van der Waals surface area contributed by atoms with E-state index in [9.17, 15) is 14.4 Å². The van der Waals surface area contributed by atoms with Crippen LogP contribution < -0.4 is 10.1 Å². The third kappa shape index (κ3) is 3.13. The van der Waals surface area contributed by atoms with Crippen molar-refractivity contribution in [2.75, 3.05) is 26.0 Å². The van der Waals surface area contributed by atoms with Gasteiger partial charge in [-0.05, 0) is 18.2 Å². The molecule has 1 fully saturated rings. The summed E-state index contributed by atoms with van der Waals surface area (Å²) in [6.45, 7) is 0.353. The van der Waals surface area contributed by atoms with Crippen molar-refractivity contribution in [1.82, 2.24) is 4.90 Å². The number of hydrogen-bond acceptors (Lipinski definition) is 4. The fraction of sp³-hybridized carbons (Fsp3) is 0.357. The van der Waals surface area contributed by atoms with E-state index in [2.05, 4.69) is 5.32 Å². The van der Waals surface area contributed by atoms with Crippen LogP contribution in [0.1, 0.15) is 16.8 Å². The van der Waals surface area contributed by atoms with Crippen LogP contribution in [-0.4, -0.2) is 48.5 Å². The van der Waals surface area contributed by atoms with Gasteiger partial charge < -0.3 is 20.1 Å². The van der Waals surface area contributed by atoms with E-state index in [0.717, 1.165) is 0 Å². The van der Waals surface area contributed by atoms with Gasteiger partial charge in [-0.15, -0.1) is 0 Å². The minimum absolute atomic E-state index is 0.0470. The molecule has 1 heterocycles. The number of aromatic carboxylic acids is 1. The number of nitrogens with zero attached hydrogens (tertiary/aromatic N) is 1. The van der Waals surface area contributed by atoms with Crippen molar-refractivity contribution in [3.8, 4) is 5.75 Å². The lowest BCUT2D eigenvalue weighted by molar-refractivity contribution is -0.127. The summed E-state index contributed by atoms with van der Waals surface area (Å²) in [5.74, 6) is -1.58. The van der Waals surface area contributed by atoms with Gasteiger partial charge in [0.25, 0.3) is 0 Å². The van der Waals surface area contributed by atoms with E-state index >= 15 is 0 Å². The molecule has 1 aromatic rings. The number of carbonyl (C=O) groups excluding carboxylic acids is 2. The van der Waals surface area contributed by atoms with Crippen molar-refractivity contribution < 1.29 is 24.2 Å². The SMILES string of the molecule is COc1ccc(C(=O)O)cc1NC(=O)C1CC(=O)N(C)C1. The number of carboxylic acid groups (broad SMARTS) is 1. The Bertz CT molecular complexity index is 599. The van der Waals surface area contributed by atoms with Gasteiger partial charge in [0.15, 0.2) is 0 Å². The summed E-state index contributed by atoms with van der Waals surface area (Å²) in [7, 11) is 3.07. The van der Waals surface area contributed by atoms with E-state index in [1.807, 2.05) is 0 Å². The molecule has 1 aliphatic heterocycles. The van der Waals surface area contributed by atoms with Crippen LogP contribution >= 0.6 is 0 Å². The quantitative estimate of drug-likeness (QED) is 0.856. The van der Waals surface area contributed by atoms with Crippen molar-refractivity contribution in [2.45, 2.75) is 6.42 Å². The van der Waals surface area contributed by atoms with Gasteiger partial charge in [-0.3, -0.25) is 9.59 Å². The molecule has 2 amide bonds. The van der Waals surface area contributed by atoms with Crippen molar-refractivity contribution >= 4 is 23.5 Å². The molecular formula is C14H16N2O5. The maximum Gasteiger partial charge on any atom is 0.335 e. The number of likely N-dealkylation sites (tertiary alicyclic amines) is 1. The summed E-state index contributed by atoms with van der Waals surface area (Å²) in [5, 5.41) is 11.6. The fourth-order valence-corrected chi connectivity index (χ4v) is 2.21. The summed E-state index contributed by atoms with van der Waals surface area (Å²) in [4.78, 5) is 36.1. The molecule has 7 heteroatoms. The van der Waals surface area contributed by atoms with Crippen molar-refractivity contribution in [2.24, 2.45) is 5.92 Å². The van der Waals surface area contributed by atoms with Crippen LogP contribution in [-0.2, 0) is 9.59 Å². The van der Waals surface area contributed by atoms with E-state index in [1.165, 1.54) is 30.2 Å². The van der Waals surface area contributed by atoms with Gasteiger partial charge in [-0.1, -0.05) is 0 Å². The molecule has 2 N–H and O–H groups in total. The summed E-state index contributed by atoms with van der Waals surface area (Å²) in [5.41, 5.74) is 0.329. The molecule has 112 valence electrons. The zero-order valence-electron chi connectivity index (χ0n) is 11.8. The Labute approximate surface area is 121 Å². The zero-order chi connectivity index (χ0) is 15.6. The normalized spacial score (nSPS) is 17.7. The standard InChI is InChI=1S/C14H16N2O5/c1-16-7-9(6-12(16)17)13(18)15-10-5-8(14(19)20)3-4-11(10)21-2/h3-5,9H,6-7H2,1-2H3,(H,15,18)(H,19,20). The van der Waals surface area contributed by atoms with Crippen molar-refractivity contribution in [3.05, 3.63) is 23.8 Å². The number of anilines is 1. The van der Waals surface area contributed by atoms with Gasteiger partial charge in [-0.25, -0.2) is 4.79 Å². The second-order valence-electron chi connectivity index (χ2n) is 4.88. The van der Waals surface area contributed by atoms with Crippen molar-refractivity contribution in [1.29, 1.82) is 0 Å². The Morgan fingerprint density at radius 3 is 2.67 bits per heavy atom. The number of methoxy groups -OCH3 is 1. The van der Waals surface area contributed by atoms with Gasteiger partial charge in [0, 0.05) is 20.0 Å². The number of carbonyl (C=O) groups is 3. The first-order valence-corrected chi connectivity index (χ1v) is 6.38. The van der Waals surface area contributed by atoms with Crippen LogP contribution in [0.5, 0.6) is 5.75 Å². The summed E-state index contributed by atoms with van der Waals surface area (Å²) in [6, 6.07) is 4.20. The lowest BCUT2D eigenvalue weighted by Crippen LogP contribution is -2.26. The molecular weight excluding hydrogens is 276 g/mol. The second-order valence-corrected chi connectivity index (χ2v) is 4.88. The van der Waals surface area contributed by atoms with Gasteiger partial charge in [0.2, 0.25) is 11.8 Å². The molecule has 1 unspecified atom stereocenters. The van der Waals surface area contributed by atoms with E-state index in [0.29, 0.717) is 12.3 Å². The largest absolute Gasteiger partial charge is 0.495 e. The molecule has 7 nitrogen and oxygen atoms in total. The molecule has 21 heavy (non-hydrogen) atoms. The average Bonchev–Trinajstić information content (AvgIpc) is 2.78. The molecule has 1 aromatic carbocycles. The molecule has 1 saturated heterocycles. The predicted molar refractivity (Wildman–Crippen MR) is 74.3 cm³/mol. The highest BCUT2D eigenvalue weighted by Gasteiger charge is 2.32. The number of benzene rings is 1. The fourth-order valence-electron chi connectivity index (χ4n) is 2.21. The maximum atomic E-state index is 12.2. The second kappa shape index (κ2) is 5.82. The number of rotatable bonds is 4. The smallest absolute Gasteiger partial charge is 0.335 e. The van der Waals surface area contributed by atoms with E-state index in [1.54, 1.807) is 7.05 Å². The Morgan fingerprint density at radius 1 is 1.43 bits per heavy atom. The number of hydrogen-bond donors (Lipinski definition) is 2. The predicted octanol–water partition coefficient (Wildman–Crippen LogP) is 0.810. The van der Waals surface area contributed by atoms with Gasteiger partial charge >= 0.3 is 5.97 Å². The van der Waals surface area contributed by atoms with Crippen LogP contribution in [0.3, 0.4) is 0 Å². The van der Waals surface area contributed by atoms with E-state index in [-0.39, 0.29) is 29.5 Å². The minimum atomic E-state index is -1.09. The van der Waals surface area contributed by atoms with Gasteiger partial charge in [0.05, 0.1) is 24.3 Å². The Balaban J connectivity index is 2.18. The van der Waals surface area contributed by atoms with Gasteiger partial charge in [-0.2, -0.15) is 0 Å². The first-order valence-electron chi connectivity index (χ1n) is 6.38. The highest BCUT2D eigenvalue weighted by molar-refractivity contribution is 5.99. The van der Waals surface area contributed by atoms with Crippen molar-refractivity contribution in [3.63, 3.8) is 0 Å². The first kappa shape index (κ1) is 14.8. The van der Waals surface area contributed by atoms with E-state index in [4.69, 9.17) is 9.84 Å². The number of ether oxygens (including phenoxy) is 1. The molecule has 0 saturated carbocycles. The monoisotopic (exact) mass is 292 g/mol. The highest BCUT2D eigenvalue weighted by atomic mass is 16.5. The van der Waals surface area contributed by atoms with Crippen LogP contribution in [0, 0.1) is 5.92 Å². The first-order chi connectivity index (χ1) is 9.92. The summed E-state index contributed by atoms with van der Waals surface area (Å²) < 4.78 is 5.10. The summed E-state index contributed by atoms with van der Waals surface area (Å²) >= 11 is 0. The average molecular weight is 292 g/mol. The van der Waals surface area contributed by atoms with Crippen LogP contribution in [0.15, 0.2) is 18.2 Å². The number of carboxylic acids is 1. The molecule has 0 aliphatic carbocycles. The molecule has 1 atom stereocenters. The van der Waals surface area contributed by atoms with Crippen LogP contribution in [0.4, 0.5) is 5.69 Å². The van der Waals surface area contributed by atoms with Crippen LogP contribution in [0.2, 0.25) is 0 Å². The Hall–Kier alpha value is -2.57. The highest BCUT2D eigenvalue weighted by Crippen LogP contribution is 2.27. The lowest BCUT2D eigenvalue weighted by atomic mass is 10.1. The lowest BCUT2D eigenvalue weighted by Gasteiger charge is -2.14. The van der Waals surface area contributed by atoms with Gasteiger partial charge in [0.1, 0.15) is 5.75 Å². The Kier molecular flexibility index (Phi) is 4.11. The molecule has 0 spiro atoms. The molecule has 0 bridgehead atoms. The van der Waals surface area contributed by atoms with E-state index < -0.39 is 11.9 Å². The molecule has 0 aromatic heterocycles. The molecule has 2 rings (SSSR count).